The Morgan fingerprint density at radius 1 is 1.44 bits per heavy atom. The highest BCUT2D eigenvalue weighted by atomic mass is 16.3. The van der Waals surface area contributed by atoms with Crippen LogP contribution in [0.5, 0.6) is 5.75 Å². The molecule has 0 saturated heterocycles. The third kappa shape index (κ3) is 4.31. The third-order valence-corrected chi connectivity index (χ3v) is 2.40. The van der Waals surface area contributed by atoms with E-state index in [-0.39, 0.29) is 24.2 Å². The summed E-state index contributed by atoms with van der Waals surface area (Å²) in [4.78, 5) is 11.0. The molecule has 0 heterocycles. The van der Waals surface area contributed by atoms with Gasteiger partial charge >= 0.3 is 0 Å². The van der Waals surface area contributed by atoms with Crippen LogP contribution in [0.25, 0.3) is 0 Å². The molecule has 1 rings (SSSR count). The quantitative estimate of drug-likeness (QED) is 0.689. The maximum atomic E-state index is 11.0. The van der Waals surface area contributed by atoms with Crippen molar-refractivity contribution in [3.63, 3.8) is 0 Å². The van der Waals surface area contributed by atoms with Crippen LogP contribution in [0.4, 0.5) is 0 Å². The number of benzene rings is 1. The molecule has 4 nitrogen and oxygen atoms in total. The van der Waals surface area contributed by atoms with Crippen LogP contribution >= 0.6 is 0 Å². The van der Waals surface area contributed by atoms with Gasteiger partial charge in [0.2, 0.25) is 5.91 Å². The number of rotatable bonds is 5. The Balaban J connectivity index is 2.34. The molecule has 0 radical (unpaired) electrons. The van der Waals surface area contributed by atoms with Crippen LogP contribution in [-0.4, -0.2) is 23.6 Å². The Hall–Kier alpha value is -1.55. The summed E-state index contributed by atoms with van der Waals surface area (Å²) in [6.45, 7) is 1.98. The van der Waals surface area contributed by atoms with Gasteiger partial charge in [0.05, 0.1) is 6.54 Å². The first-order valence-corrected chi connectivity index (χ1v) is 5.39. The number of carbonyl (C=O) groups excluding carboxylic acids is 1. The second-order valence-electron chi connectivity index (χ2n) is 3.88. The summed E-state index contributed by atoms with van der Waals surface area (Å²) in [6.07, 6.45) is 1.73. The second-order valence-corrected chi connectivity index (χ2v) is 3.88. The highest BCUT2D eigenvalue weighted by Gasteiger charge is 2.05. The first-order valence-electron chi connectivity index (χ1n) is 5.39. The van der Waals surface area contributed by atoms with E-state index in [1.54, 1.807) is 12.1 Å². The number of aryl methyl sites for hydroxylation is 1. The minimum absolute atomic E-state index is 0.0313. The van der Waals surface area contributed by atoms with Crippen LogP contribution in [0.15, 0.2) is 24.3 Å². The number of hydrogen-bond acceptors (Lipinski definition) is 3. The highest BCUT2D eigenvalue weighted by molar-refractivity contribution is 5.77. The van der Waals surface area contributed by atoms with Crippen LogP contribution < -0.4 is 11.1 Å². The van der Waals surface area contributed by atoms with Crippen molar-refractivity contribution in [2.75, 3.05) is 6.54 Å². The summed E-state index contributed by atoms with van der Waals surface area (Å²) in [5.74, 6) is 0.145. The first-order chi connectivity index (χ1) is 7.61. The fourth-order valence-corrected chi connectivity index (χ4v) is 1.45. The summed E-state index contributed by atoms with van der Waals surface area (Å²) in [5, 5.41) is 11.9. The van der Waals surface area contributed by atoms with Gasteiger partial charge in [-0.1, -0.05) is 12.1 Å². The fraction of sp³-hybridized carbons (Fsp3) is 0.417. The fourth-order valence-electron chi connectivity index (χ4n) is 1.45. The molecule has 0 aromatic heterocycles. The molecular weight excluding hydrogens is 204 g/mol. The summed E-state index contributed by atoms with van der Waals surface area (Å²) >= 11 is 0. The molecule has 1 unspecified atom stereocenters. The summed E-state index contributed by atoms with van der Waals surface area (Å²) in [5.41, 5.74) is 6.35. The molecule has 1 amide bonds. The zero-order valence-electron chi connectivity index (χ0n) is 9.44. The van der Waals surface area contributed by atoms with Gasteiger partial charge in [-0.25, -0.2) is 0 Å². The van der Waals surface area contributed by atoms with Crippen molar-refractivity contribution in [1.82, 2.24) is 5.32 Å². The average Bonchev–Trinajstić information content (AvgIpc) is 2.28. The van der Waals surface area contributed by atoms with E-state index in [0.29, 0.717) is 0 Å². The monoisotopic (exact) mass is 222 g/mol. The van der Waals surface area contributed by atoms with Crippen molar-refractivity contribution in [3.8, 4) is 5.75 Å². The van der Waals surface area contributed by atoms with Crippen molar-refractivity contribution in [3.05, 3.63) is 29.8 Å². The Labute approximate surface area is 95.5 Å². The van der Waals surface area contributed by atoms with E-state index < -0.39 is 0 Å². The van der Waals surface area contributed by atoms with Gasteiger partial charge in [-0.05, 0) is 37.5 Å². The van der Waals surface area contributed by atoms with E-state index >= 15 is 0 Å². The SMILES string of the molecule is CC(CCc1ccc(O)cc1)NC(=O)CN. The molecule has 0 aliphatic carbocycles. The van der Waals surface area contributed by atoms with Crippen LogP contribution in [0.1, 0.15) is 18.9 Å². The number of carbonyl (C=O) groups is 1. The largest absolute Gasteiger partial charge is 0.508 e. The Morgan fingerprint density at radius 2 is 2.06 bits per heavy atom. The number of nitrogens with one attached hydrogen (secondary N) is 1. The lowest BCUT2D eigenvalue weighted by atomic mass is 10.1. The molecule has 0 saturated carbocycles. The molecule has 88 valence electrons. The van der Waals surface area contributed by atoms with Crippen molar-refractivity contribution >= 4 is 5.91 Å². The van der Waals surface area contributed by atoms with E-state index in [1.807, 2.05) is 19.1 Å². The highest BCUT2D eigenvalue weighted by Crippen LogP contribution is 2.11. The molecule has 1 atom stereocenters. The molecule has 0 aliphatic heterocycles. The topological polar surface area (TPSA) is 75.3 Å². The number of hydrogen-bond donors (Lipinski definition) is 3. The van der Waals surface area contributed by atoms with Gasteiger partial charge in [0.15, 0.2) is 0 Å². The molecular formula is C12H18N2O2. The Kier molecular flexibility index (Phi) is 4.79. The predicted octanol–water partition coefficient (Wildman–Crippen LogP) is 0.788. The molecule has 0 spiro atoms. The van der Waals surface area contributed by atoms with Crippen molar-refractivity contribution in [2.24, 2.45) is 5.73 Å². The minimum atomic E-state index is -0.127. The van der Waals surface area contributed by atoms with E-state index in [1.165, 1.54) is 0 Å². The maximum absolute atomic E-state index is 11.0. The van der Waals surface area contributed by atoms with Crippen LogP contribution in [0.2, 0.25) is 0 Å². The summed E-state index contributed by atoms with van der Waals surface area (Å²) in [7, 11) is 0. The molecule has 1 aromatic rings. The summed E-state index contributed by atoms with van der Waals surface area (Å²) < 4.78 is 0. The van der Waals surface area contributed by atoms with Gasteiger partial charge in [-0.2, -0.15) is 0 Å². The summed E-state index contributed by atoms with van der Waals surface area (Å²) in [6, 6.07) is 7.21. The minimum Gasteiger partial charge on any atom is -0.508 e. The number of phenolic OH excluding ortho intramolecular Hbond substituents is 1. The van der Waals surface area contributed by atoms with Crippen molar-refractivity contribution in [1.29, 1.82) is 0 Å². The molecule has 1 aromatic carbocycles. The van der Waals surface area contributed by atoms with Crippen molar-refractivity contribution in [2.45, 2.75) is 25.8 Å². The molecule has 0 aliphatic rings. The molecule has 4 N–H and O–H groups in total. The number of aromatic hydroxyl groups is 1. The number of amides is 1. The van der Waals surface area contributed by atoms with Crippen LogP contribution in [-0.2, 0) is 11.2 Å². The van der Waals surface area contributed by atoms with Gasteiger partial charge in [0.25, 0.3) is 0 Å². The number of nitrogens with two attached hydrogens (primary N) is 1. The molecule has 0 fully saturated rings. The predicted molar refractivity (Wildman–Crippen MR) is 63.1 cm³/mol. The van der Waals surface area contributed by atoms with E-state index in [2.05, 4.69) is 5.32 Å². The van der Waals surface area contributed by atoms with Gasteiger partial charge < -0.3 is 16.2 Å². The standard InChI is InChI=1S/C12H18N2O2/c1-9(14-12(16)8-13)2-3-10-4-6-11(15)7-5-10/h4-7,9,15H,2-3,8,13H2,1H3,(H,14,16). The van der Waals surface area contributed by atoms with Crippen LogP contribution in [0.3, 0.4) is 0 Å². The maximum Gasteiger partial charge on any atom is 0.233 e. The molecule has 16 heavy (non-hydrogen) atoms. The normalized spacial score (nSPS) is 12.1. The molecule has 4 heteroatoms. The van der Waals surface area contributed by atoms with Gasteiger partial charge in [-0.3, -0.25) is 4.79 Å². The van der Waals surface area contributed by atoms with Gasteiger partial charge in [-0.15, -0.1) is 0 Å². The van der Waals surface area contributed by atoms with Crippen molar-refractivity contribution < 1.29 is 9.90 Å². The van der Waals surface area contributed by atoms with E-state index in [0.717, 1.165) is 18.4 Å². The zero-order valence-corrected chi connectivity index (χ0v) is 9.44. The van der Waals surface area contributed by atoms with E-state index in [9.17, 15) is 4.79 Å². The van der Waals surface area contributed by atoms with Gasteiger partial charge in [0, 0.05) is 6.04 Å². The molecule has 0 bridgehead atoms. The Bertz CT molecular complexity index is 335. The van der Waals surface area contributed by atoms with Crippen LogP contribution in [0, 0.1) is 0 Å². The lowest BCUT2D eigenvalue weighted by Gasteiger charge is -2.12. The first kappa shape index (κ1) is 12.5. The van der Waals surface area contributed by atoms with E-state index in [4.69, 9.17) is 10.8 Å². The lowest BCUT2D eigenvalue weighted by Crippen LogP contribution is -2.37. The Morgan fingerprint density at radius 3 is 2.62 bits per heavy atom. The average molecular weight is 222 g/mol. The smallest absolute Gasteiger partial charge is 0.233 e. The second kappa shape index (κ2) is 6.12. The third-order valence-electron chi connectivity index (χ3n) is 2.40. The zero-order chi connectivity index (χ0) is 12.0. The number of phenols is 1. The lowest BCUT2D eigenvalue weighted by molar-refractivity contribution is -0.120. The van der Waals surface area contributed by atoms with Gasteiger partial charge in [0.1, 0.15) is 5.75 Å².